The highest BCUT2D eigenvalue weighted by molar-refractivity contribution is 5.44. The van der Waals surface area contributed by atoms with E-state index < -0.39 is 0 Å². The molecular weight excluding hydrogens is 290 g/mol. The summed E-state index contributed by atoms with van der Waals surface area (Å²) in [7, 11) is 0. The fraction of sp³-hybridized carbons (Fsp3) is 0.474. The summed E-state index contributed by atoms with van der Waals surface area (Å²) in [5.74, 6) is 3.68. The molecule has 2 aromatic rings. The van der Waals surface area contributed by atoms with Crippen LogP contribution in [0.4, 0.5) is 0 Å². The zero-order chi connectivity index (χ0) is 16.4. The molecule has 3 rings (SSSR count). The van der Waals surface area contributed by atoms with Crippen molar-refractivity contribution < 1.29 is 13.9 Å². The number of fused-ring (bicyclic) bond motifs is 1. The smallest absolute Gasteiger partial charge is 0.231 e. The van der Waals surface area contributed by atoms with Gasteiger partial charge in [-0.15, -0.1) is 0 Å². The quantitative estimate of drug-likeness (QED) is 0.869. The van der Waals surface area contributed by atoms with Crippen LogP contribution in [0, 0.1) is 6.92 Å². The molecule has 1 unspecified atom stereocenters. The summed E-state index contributed by atoms with van der Waals surface area (Å²) in [6.45, 7) is 9.78. The Morgan fingerprint density at radius 3 is 2.65 bits per heavy atom. The Balaban J connectivity index is 1.56. The molecule has 1 aliphatic rings. The molecule has 124 valence electrons. The Labute approximate surface area is 137 Å². The van der Waals surface area contributed by atoms with Crippen LogP contribution < -0.4 is 14.8 Å². The SMILES string of the molecule is Cc1ccc(C(C)(C)CC(C)NCc2ccc3c(c2)OCO3)o1. The first kappa shape index (κ1) is 15.9. The normalized spacial score (nSPS) is 15.0. The van der Waals surface area contributed by atoms with Crippen LogP contribution in [0.2, 0.25) is 0 Å². The topological polar surface area (TPSA) is 43.6 Å². The van der Waals surface area contributed by atoms with Crippen molar-refractivity contribution in [3.8, 4) is 11.5 Å². The molecule has 0 aliphatic carbocycles. The molecule has 4 nitrogen and oxygen atoms in total. The third-order valence-corrected chi connectivity index (χ3v) is 4.32. The fourth-order valence-corrected chi connectivity index (χ4v) is 3.08. The van der Waals surface area contributed by atoms with Gasteiger partial charge in [0.15, 0.2) is 11.5 Å². The van der Waals surface area contributed by atoms with Crippen LogP contribution in [0.15, 0.2) is 34.7 Å². The highest BCUT2D eigenvalue weighted by atomic mass is 16.7. The molecule has 0 radical (unpaired) electrons. The number of ether oxygens (including phenoxy) is 2. The predicted octanol–water partition coefficient (Wildman–Crippen LogP) is 4.16. The molecule has 1 aromatic carbocycles. The molecule has 0 amide bonds. The average Bonchev–Trinajstić information content (AvgIpc) is 3.13. The molecule has 23 heavy (non-hydrogen) atoms. The lowest BCUT2D eigenvalue weighted by molar-refractivity contribution is 0.174. The largest absolute Gasteiger partial charge is 0.466 e. The number of rotatable bonds is 6. The Morgan fingerprint density at radius 2 is 1.91 bits per heavy atom. The zero-order valence-electron chi connectivity index (χ0n) is 14.3. The average molecular weight is 315 g/mol. The van der Waals surface area contributed by atoms with E-state index in [1.165, 1.54) is 5.56 Å². The number of hydrogen-bond donors (Lipinski definition) is 1. The summed E-state index contributed by atoms with van der Waals surface area (Å²) in [6, 6.07) is 10.6. The van der Waals surface area contributed by atoms with Crippen molar-refractivity contribution in [1.82, 2.24) is 5.32 Å². The van der Waals surface area contributed by atoms with Crippen LogP contribution in [0.3, 0.4) is 0 Å². The Hall–Kier alpha value is -1.94. The lowest BCUT2D eigenvalue weighted by Crippen LogP contribution is -2.32. The van der Waals surface area contributed by atoms with Gasteiger partial charge in [0.1, 0.15) is 11.5 Å². The van der Waals surface area contributed by atoms with Crippen LogP contribution in [0.25, 0.3) is 0 Å². The summed E-state index contributed by atoms with van der Waals surface area (Å²) >= 11 is 0. The lowest BCUT2D eigenvalue weighted by Gasteiger charge is -2.26. The molecule has 2 heterocycles. The van der Waals surface area contributed by atoms with Crippen molar-refractivity contribution in [2.45, 2.75) is 52.1 Å². The first-order valence-corrected chi connectivity index (χ1v) is 8.13. The zero-order valence-corrected chi connectivity index (χ0v) is 14.3. The standard InChI is InChI=1S/C19H25NO3/c1-13(10-19(3,4)18-8-5-14(2)23-18)20-11-15-6-7-16-17(9-15)22-12-21-16/h5-9,13,20H,10-12H2,1-4H3. The van der Waals surface area contributed by atoms with E-state index in [0.29, 0.717) is 12.8 Å². The summed E-state index contributed by atoms with van der Waals surface area (Å²) in [6.07, 6.45) is 1.00. The summed E-state index contributed by atoms with van der Waals surface area (Å²) in [4.78, 5) is 0. The predicted molar refractivity (Wildman–Crippen MR) is 90.0 cm³/mol. The van der Waals surface area contributed by atoms with E-state index >= 15 is 0 Å². The van der Waals surface area contributed by atoms with Gasteiger partial charge in [-0.2, -0.15) is 0 Å². The van der Waals surface area contributed by atoms with Crippen LogP contribution in [0.1, 0.15) is 44.3 Å². The maximum atomic E-state index is 5.80. The molecule has 1 aromatic heterocycles. The van der Waals surface area contributed by atoms with E-state index in [-0.39, 0.29) is 5.41 Å². The monoisotopic (exact) mass is 315 g/mol. The van der Waals surface area contributed by atoms with E-state index in [9.17, 15) is 0 Å². The van der Waals surface area contributed by atoms with Crippen molar-refractivity contribution in [3.63, 3.8) is 0 Å². The number of benzene rings is 1. The Morgan fingerprint density at radius 1 is 1.13 bits per heavy atom. The van der Waals surface area contributed by atoms with Gasteiger partial charge >= 0.3 is 0 Å². The van der Waals surface area contributed by atoms with E-state index in [0.717, 1.165) is 36.0 Å². The van der Waals surface area contributed by atoms with Gasteiger partial charge in [0.2, 0.25) is 6.79 Å². The molecule has 0 spiro atoms. The minimum atomic E-state index is 0.00949. The first-order chi connectivity index (χ1) is 10.9. The number of hydrogen-bond acceptors (Lipinski definition) is 4. The molecule has 1 N–H and O–H groups in total. The van der Waals surface area contributed by atoms with Crippen LogP contribution in [-0.4, -0.2) is 12.8 Å². The van der Waals surface area contributed by atoms with Crippen LogP contribution >= 0.6 is 0 Å². The molecule has 1 aliphatic heterocycles. The summed E-state index contributed by atoms with van der Waals surface area (Å²) in [5.41, 5.74) is 1.21. The van der Waals surface area contributed by atoms with E-state index in [4.69, 9.17) is 13.9 Å². The number of nitrogens with one attached hydrogen (secondary N) is 1. The number of aryl methyl sites for hydroxylation is 1. The van der Waals surface area contributed by atoms with E-state index in [1.54, 1.807) is 0 Å². The molecule has 0 bridgehead atoms. The summed E-state index contributed by atoms with van der Waals surface area (Å²) < 4.78 is 16.6. The van der Waals surface area contributed by atoms with Crippen LogP contribution in [0.5, 0.6) is 11.5 Å². The highest BCUT2D eigenvalue weighted by Gasteiger charge is 2.26. The Kier molecular flexibility index (Phi) is 4.35. The second-order valence-electron chi connectivity index (χ2n) is 6.97. The Bertz CT molecular complexity index is 675. The van der Waals surface area contributed by atoms with Crippen molar-refractivity contribution >= 4 is 0 Å². The van der Waals surface area contributed by atoms with Gasteiger partial charge in [0.25, 0.3) is 0 Å². The van der Waals surface area contributed by atoms with Crippen molar-refractivity contribution in [3.05, 3.63) is 47.4 Å². The maximum absolute atomic E-state index is 5.80. The van der Waals surface area contributed by atoms with E-state index in [2.05, 4.69) is 38.2 Å². The number of furan rings is 1. The second kappa shape index (κ2) is 6.28. The van der Waals surface area contributed by atoms with Gasteiger partial charge in [-0.25, -0.2) is 0 Å². The van der Waals surface area contributed by atoms with Gasteiger partial charge in [-0.1, -0.05) is 19.9 Å². The second-order valence-corrected chi connectivity index (χ2v) is 6.97. The van der Waals surface area contributed by atoms with Crippen LogP contribution in [-0.2, 0) is 12.0 Å². The first-order valence-electron chi connectivity index (χ1n) is 8.13. The summed E-state index contributed by atoms with van der Waals surface area (Å²) in [5, 5.41) is 3.58. The molecule has 0 fully saturated rings. The fourth-order valence-electron chi connectivity index (χ4n) is 3.08. The minimum absolute atomic E-state index is 0.00949. The highest BCUT2D eigenvalue weighted by Crippen LogP contribution is 2.33. The van der Waals surface area contributed by atoms with Gasteiger partial charge in [-0.3, -0.25) is 0 Å². The third kappa shape index (κ3) is 3.70. The molecular formula is C19H25NO3. The van der Waals surface area contributed by atoms with Gasteiger partial charge in [0, 0.05) is 18.0 Å². The molecule has 4 heteroatoms. The van der Waals surface area contributed by atoms with Crippen molar-refractivity contribution in [1.29, 1.82) is 0 Å². The molecule has 0 saturated heterocycles. The van der Waals surface area contributed by atoms with Crippen molar-refractivity contribution in [2.75, 3.05) is 6.79 Å². The lowest BCUT2D eigenvalue weighted by atomic mass is 9.83. The molecule has 0 saturated carbocycles. The van der Waals surface area contributed by atoms with Gasteiger partial charge < -0.3 is 19.2 Å². The van der Waals surface area contributed by atoms with Gasteiger partial charge in [0.05, 0.1) is 0 Å². The van der Waals surface area contributed by atoms with Gasteiger partial charge in [-0.05, 0) is 50.1 Å². The molecule has 1 atom stereocenters. The maximum Gasteiger partial charge on any atom is 0.231 e. The third-order valence-electron chi connectivity index (χ3n) is 4.32. The van der Waals surface area contributed by atoms with Crippen molar-refractivity contribution in [2.24, 2.45) is 0 Å². The van der Waals surface area contributed by atoms with E-state index in [1.807, 2.05) is 25.1 Å². The minimum Gasteiger partial charge on any atom is -0.466 e.